The lowest BCUT2D eigenvalue weighted by Crippen LogP contribution is -2.06. The first-order valence-electron chi connectivity index (χ1n) is 8.71. The molecule has 0 bridgehead atoms. The highest BCUT2D eigenvalue weighted by molar-refractivity contribution is 6.35. The zero-order chi connectivity index (χ0) is 19.8. The molecule has 0 amide bonds. The second-order valence-corrected chi connectivity index (χ2v) is 6.79. The molecule has 3 aromatic rings. The lowest BCUT2D eigenvalue weighted by molar-refractivity contribution is 0.284. The zero-order valence-electron chi connectivity index (χ0n) is 15.4. The summed E-state index contributed by atoms with van der Waals surface area (Å²) in [4.78, 5) is 0. The summed E-state index contributed by atoms with van der Waals surface area (Å²) in [6, 6.07) is 21.0. The van der Waals surface area contributed by atoms with E-state index in [-0.39, 0.29) is 0 Å². The Hall–Kier alpha value is -2.69. The summed E-state index contributed by atoms with van der Waals surface area (Å²) in [6.45, 7) is 0.912. The van der Waals surface area contributed by atoms with Crippen LogP contribution in [0.3, 0.4) is 0 Å². The van der Waals surface area contributed by atoms with Crippen molar-refractivity contribution in [2.45, 2.75) is 13.2 Å². The van der Waals surface area contributed by atoms with Gasteiger partial charge in [-0.05, 0) is 41.5 Å². The molecular weight excluding hydrogens is 395 g/mol. The molecule has 4 nitrogen and oxygen atoms in total. The Kier molecular flexibility index (Phi) is 7.18. The molecule has 0 saturated carbocycles. The van der Waals surface area contributed by atoms with Gasteiger partial charge in [-0.3, -0.25) is 0 Å². The van der Waals surface area contributed by atoms with Crippen LogP contribution in [0, 0.1) is 0 Å². The smallest absolute Gasteiger partial charge is 0.161 e. The first-order valence-corrected chi connectivity index (χ1v) is 9.46. The third kappa shape index (κ3) is 5.41. The maximum Gasteiger partial charge on any atom is 0.161 e. The lowest BCUT2D eigenvalue weighted by Gasteiger charge is -2.11. The summed E-state index contributed by atoms with van der Waals surface area (Å²) in [5.74, 6) is 1.33. The molecular formula is C22H20Cl2N2O2. The van der Waals surface area contributed by atoms with Gasteiger partial charge in [0.15, 0.2) is 11.5 Å². The van der Waals surface area contributed by atoms with Gasteiger partial charge < -0.3 is 14.9 Å². The molecule has 0 fully saturated rings. The van der Waals surface area contributed by atoms with Gasteiger partial charge in [0.25, 0.3) is 0 Å². The minimum Gasteiger partial charge on any atom is -0.493 e. The fourth-order valence-corrected chi connectivity index (χ4v) is 3.10. The van der Waals surface area contributed by atoms with Crippen LogP contribution >= 0.6 is 23.2 Å². The molecule has 144 valence electrons. The molecule has 1 N–H and O–H groups in total. The molecule has 6 heteroatoms. The molecule has 0 atom stereocenters. The largest absolute Gasteiger partial charge is 0.493 e. The molecule has 0 saturated heterocycles. The normalized spacial score (nSPS) is 10.8. The highest BCUT2D eigenvalue weighted by Gasteiger charge is 2.06. The second-order valence-electron chi connectivity index (χ2n) is 5.98. The first-order chi connectivity index (χ1) is 13.7. The average Bonchev–Trinajstić information content (AvgIpc) is 2.72. The van der Waals surface area contributed by atoms with Crippen molar-refractivity contribution in [2.24, 2.45) is 5.10 Å². The highest BCUT2D eigenvalue weighted by Crippen LogP contribution is 2.28. The molecule has 0 radical (unpaired) electrons. The maximum atomic E-state index is 6.15. The van der Waals surface area contributed by atoms with Gasteiger partial charge in [0, 0.05) is 15.6 Å². The topological polar surface area (TPSA) is 42.8 Å². The monoisotopic (exact) mass is 414 g/mol. The molecule has 0 aliphatic carbocycles. The van der Waals surface area contributed by atoms with E-state index in [4.69, 9.17) is 32.7 Å². The molecule has 0 spiro atoms. The van der Waals surface area contributed by atoms with Gasteiger partial charge in [0.05, 0.1) is 19.9 Å². The Balaban J connectivity index is 1.60. The van der Waals surface area contributed by atoms with Crippen LogP contribution in [0.5, 0.6) is 11.5 Å². The quantitative estimate of drug-likeness (QED) is 0.379. The minimum absolute atomic E-state index is 0.435. The number of hydrazone groups is 1. The number of benzene rings is 3. The van der Waals surface area contributed by atoms with Crippen LogP contribution in [0.25, 0.3) is 0 Å². The Morgan fingerprint density at radius 2 is 1.68 bits per heavy atom. The number of hydrogen-bond acceptors (Lipinski definition) is 4. The Labute approximate surface area is 174 Å². The maximum absolute atomic E-state index is 6.15. The lowest BCUT2D eigenvalue weighted by atomic mass is 10.2. The van der Waals surface area contributed by atoms with Crippen LogP contribution in [-0.4, -0.2) is 13.3 Å². The molecule has 0 heterocycles. The first kappa shape index (κ1) is 20.1. The molecule has 3 rings (SSSR count). The van der Waals surface area contributed by atoms with Crippen molar-refractivity contribution >= 4 is 29.4 Å². The number of hydrogen-bond donors (Lipinski definition) is 1. The van der Waals surface area contributed by atoms with E-state index in [1.807, 2.05) is 54.6 Å². The van der Waals surface area contributed by atoms with E-state index in [2.05, 4.69) is 10.5 Å². The van der Waals surface area contributed by atoms with Crippen LogP contribution in [0.2, 0.25) is 10.0 Å². The number of nitrogens with zero attached hydrogens (tertiary/aromatic N) is 1. The zero-order valence-corrected chi connectivity index (χ0v) is 16.9. The minimum atomic E-state index is 0.435. The number of rotatable bonds is 8. The molecule has 0 aliphatic heterocycles. The van der Waals surface area contributed by atoms with Crippen LogP contribution < -0.4 is 14.9 Å². The third-order valence-electron chi connectivity index (χ3n) is 4.05. The molecule has 0 aliphatic rings. The van der Waals surface area contributed by atoms with Crippen LogP contribution in [0.1, 0.15) is 16.7 Å². The fourth-order valence-electron chi connectivity index (χ4n) is 2.57. The van der Waals surface area contributed by atoms with Gasteiger partial charge >= 0.3 is 0 Å². The van der Waals surface area contributed by atoms with Crippen LogP contribution in [0.15, 0.2) is 71.8 Å². The van der Waals surface area contributed by atoms with Gasteiger partial charge in [0.1, 0.15) is 6.61 Å². The summed E-state index contributed by atoms with van der Waals surface area (Å²) in [6.07, 6.45) is 1.70. The van der Waals surface area contributed by atoms with E-state index in [0.717, 1.165) is 16.7 Å². The fraction of sp³-hybridized carbons (Fsp3) is 0.136. The van der Waals surface area contributed by atoms with Crippen molar-refractivity contribution in [3.05, 3.63) is 93.5 Å². The van der Waals surface area contributed by atoms with E-state index in [9.17, 15) is 0 Å². The predicted octanol–water partition coefficient (Wildman–Crippen LogP) is 5.70. The summed E-state index contributed by atoms with van der Waals surface area (Å²) >= 11 is 12.3. The van der Waals surface area contributed by atoms with E-state index in [1.165, 1.54) is 0 Å². The second kappa shape index (κ2) is 10.0. The average molecular weight is 415 g/mol. The van der Waals surface area contributed by atoms with Gasteiger partial charge in [-0.15, -0.1) is 0 Å². The summed E-state index contributed by atoms with van der Waals surface area (Å²) in [7, 11) is 1.61. The van der Waals surface area contributed by atoms with Crippen molar-refractivity contribution in [3.63, 3.8) is 0 Å². The van der Waals surface area contributed by atoms with Crippen molar-refractivity contribution in [1.29, 1.82) is 0 Å². The number of halogens is 2. The number of ether oxygens (including phenoxy) is 2. The van der Waals surface area contributed by atoms with Gasteiger partial charge in [0.2, 0.25) is 0 Å². The number of methoxy groups -OCH3 is 1. The summed E-state index contributed by atoms with van der Waals surface area (Å²) in [5.41, 5.74) is 5.74. The molecule has 28 heavy (non-hydrogen) atoms. The van der Waals surface area contributed by atoms with Crippen LogP contribution in [0.4, 0.5) is 0 Å². The van der Waals surface area contributed by atoms with E-state index >= 15 is 0 Å². The van der Waals surface area contributed by atoms with Crippen molar-refractivity contribution in [2.75, 3.05) is 7.11 Å². The van der Waals surface area contributed by atoms with Crippen molar-refractivity contribution in [3.8, 4) is 11.5 Å². The Morgan fingerprint density at radius 1 is 0.929 bits per heavy atom. The highest BCUT2D eigenvalue weighted by atomic mass is 35.5. The van der Waals surface area contributed by atoms with Crippen molar-refractivity contribution < 1.29 is 9.47 Å². The summed E-state index contributed by atoms with van der Waals surface area (Å²) in [5, 5.41) is 5.45. The van der Waals surface area contributed by atoms with E-state index in [0.29, 0.717) is 34.7 Å². The van der Waals surface area contributed by atoms with Gasteiger partial charge in [-0.1, -0.05) is 59.6 Å². The van der Waals surface area contributed by atoms with E-state index in [1.54, 1.807) is 25.5 Å². The SMILES string of the molecule is COc1cc(/C=N/NCc2c(Cl)cccc2Cl)ccc1OCc1ccccc1. The Morgan fingerprint density at radius 3 is 2.39 bits per heavy atom. The standard InChI is InChI=1S/C22H20Cl2N2O2/c1-27-22-12-17(10-11-21(22)28-15-16-6-3-2-4-7-16)13-25-26-14-18-19(23)8-5-9-20(18)24/h2-13,26H,14-15H2,1H3/b25-13+. The molecule has 3 aromatic carbocycles. The van der Waals surface area contributed by atoms with Gasteiger partial charge in [-0.2, -0.15) is 5.10 Å². The van der Waals surface area contributed by atoms with Crippen LogP contribution in [-0.2, 0) is 13.2 Å². The third-order valence-corrected chi connectivity index (χ3v) is 4.76. The Bertz CT molecular complexity index is 926. The molecule has 0 aromatic heterocycles. The summed E-state index contributed by atoms with van der Waals surface area (Å²) < 4.78 is 11.3. The molecule has 0 unspecified atom stereocenters. The van der Waals surface area contributed by atoms with E-state index < -0.39 is 0 Å². The van der Waals surface area contributed by atoms with Crippen molar-refractivity contribution in [1.82, 2.24) is 5.43 Å². The predicted molar refractivity (Wildman–Crippen MR) is 115 cm³/mol. The number of nitrogens with one attached hydrogen (secondary N) is 1. The van der Waals surface area contributed by atoms with Gasteiger partial charge in [-0.25, -0.2) is 0 Å².